The fraction of sp³-hybridized carbons (Fsp3) is 0.320. The largest absolute Gasteiger partial charge is 0.325 e. The lowest BCUT2D eigenvalue weighted by molar-refractivity contribution is -0.121. The second-order valence-electron chi connectivity index (χ2n) is 8.28. The van der Waals surface area contributed by atoms with Crippen LogP contribution in [0.25, 0.3) is 10.8 Å². The molecule has 1 aliphatic heterocycles. The number of likely N-dealkylation sites (tertiary alicyclic amines) is 1. The molecule has 3 aromatic carbocycles. The summed E-state index contributed by atoms with van der Waals surface area (Å²) >= 11 is 6.10. The van der Waals surface area contributed by atoms with Crippen molar-refractivity contribution in [1.29, 1.82) is 0 Å². The van der Waals surface area contributed by atoms with Crippen molar-refractivity contribution in [3.8, 4) is 0 Å². The zero-order valence-corrected chi connectivity index (χ0v) is 17.2. The van der Waals surface area contributed by atoms with E-state index in [1.165, 1.54) is 27.5 Å². The average Bonchev–Trinajstić information content (AvgIpc) is 3.15. The minimum Gasteiger partial charge on any atom is -0.325 e. The van der Waals surface area contributed by atoms with Gasteiger partial charge in [-0.25, -0.2) is 0 Å². The van der Waals surface area contributed by atoms with Gasteiger partial charge in [0.05, 0.1) is 0 Å². The number of rotatable bonds is 4. The van der Waals surface area contributed by atoms with Crippen molar-refractivity contribution in [3.63, 3.8) is 0 Å². The molecule has 3 aromatic rings. The van der Waals surface area contributed by atoms with Gasteiger partial charge >= 0.3 is 0 Å². The molecular weight excluding hydrogens is 380 g/mol. The van der Waals surface area contributed by atoms with Crippen molar-refractivity contribution in [2.24, 2.45) is 5.92 Å². The van der Waals surface area contributed by atoms with E-state index < -0.39 is 0 Å². The van der Waals surface area contributed by atoms with Crippen molar-refractivity contribution in [2.75, 3.05) is 18.4 Å². The molecule has 0 bridgehead atoms. The Bertz CT molecular complexity index is 1060. The molecule has 0 unspecified atom stereocenters. The second kappa shape index (κ2) is 7.81. The van der Waals surface area contributed by atoms with E-state index in [4.69, 9.17) is 11.6 Å². The van der Waals surface area contributed by atoms with Crippen LogP contribution >= 0.6 is 11.6 Å². The molecular formula is C25H25ClN2O. The van der Waals surface area contributed by atoms with Crippen LogP contribution in [0.5, 0.6) is 0 Å². The molecule has 0 spiro atoms. The molecule has 0 saturated carbocycles. The Morgan fingerprint density at radius 1 is 1.00 bits per heavy atom. The van der Waals surface area contributed by atoms with Crippen molar-refractivity contribution in [3.05, 3.63) is 76.3 Å². The number of hydrogen-bond acceptors (Lipinski definition) is 2. The molecule has 0 atom stereocenters. The Labute approximate surface area is 176 Å². The monoisotopic (exact) mass is 404 g/mol. The summed E-state index contributed by atoms with van der Waals surface area (Å²) in [5, 5.41) is 6.55. The standard InChI is InChI=1S/C25H25ClN2O/c26-21-5-1-3-17(15-21)16-28-13-11-20(12-14-28)25(29)27-23-10-9-19-8-7-18-4-2-6-22(23)24(18)19/h1-6,9-10,15,20H,7-8,11-14,16H2,(H,27,29). The molecule has 1 saturated heterocycles. The SMILES string of the molecule is O=C(Nc1ccc2c3c(cccc13)CC2)C1CCN(Cc2cccc(Cl)c2)CC1. The topological polar surface area (TPSA) is 32.3 Å². The first-order valence-corrected chi connectivity index (χ1v) is 10.9. The number of nitrogens with zero attached hydrogens (tertiary/aromatic N) is 1. The molecule has 4 heteroatoms. The molecule has 5 rings (SSSR count). The van der Waals surface area contributed by atoms with Crippen LogP contribution in [0.1, 0.15) is 29.5 Å². The van der Waals surface area contributed by atoms with Gasteiger partial charge in [0.2, 0.25) is 5.91 Å². The van der Waals surface area contributed by atoms with Gasteiger partial charge in [0.15, 0.2) is 0 Å². The molecule has 1 fully saturated rings. The quantitative estimate of drug-likeness (QED) is 0.627. The predicted octanol–water partition coefficient (Wildman–Crippen LogP) is 5.44. The average molecular weight is 405 g/mol. The highest BCUT2D eigenvalue weighted by Crippen LogP contribution is 2.35. The van der Waals surface area contributed by atoms with E-state index >= 15 is 0 Å². The molecule has 3 nitrogen and oxygen atoms in total. The third-order valence-electron chi connectivity index (χ3n) is 6.39. The normalized spacial score (nSPS) is 17.0. The number of anilines is 1. The lowest BCUT2D eigenvalue weighted by Crippen LogP contribution is -2.37. The maximum atomic E-state index is 13.0. The fourth-order valence-corrected chi connectivity index (χ4v) is 5.05. The number of carbonyl (C=O) groups is 1. The highest BCUT2D eigenvalue weighted by atomic mass is 35.5. The van der Waals surface area contributed by atoms with Crippen molar-refractivity contribution in [1.82, 2.24) is 4.90 Å². The van der Waals surface area contributed by atoms with Gasteiger partial charge in [0.1, 0.15) is 0 Å². The van der Waals surface area contributed by atoms with E-state index in [1.807, 2.05) is 18.2 Å². The van der Waals surface area contributed by atoms with Gasteiger partial charge in [0, 0.05) is 28.6 Å². The van der Waals surface area contributed by atoms with Crippen LogP contribution < -0.4 is 5.32 Å². The number of hydrogen-bond donors (Lipinski definition) is 1. The van der Waals surface area contributed by atoms with E-state index in [1.54, 1.807) is 0 Å². The maximum Gasteiger partial charge on any atom is 0.227 e. The van der Waals surface area contributed by atoms with Crippen LogP contribution in [0.3, 0.4) is 0 Å². The summed E-state index contributed by atoms with van der Waals surface area (Å²) in [4.78, 5) is 15.4. The zero-order valence-electron chi connectivity index (χ0n) is 16.5. The van der Waals surface area contributed by atoms with Crippen molar-refractivity contribution in [2.45, 2.75) is 32.2 Å². The summed E-state index contributed by atoms with van der Waals surface area (Å²) in [7, 11) is 0. The Balaban J connectivity index is 1.24. The molecule has 0 aromatic heterocycles. The van der Waals surface area contributed by atoms with Crippen LogP contribution in [0, 0.1) is 5.92 Å². The summed E-state index contributed by atoms with van der Waals surface area (Å²) in [5.74, 6) is 0.236. The molecule has 1 N–H and O–H groups in total. The summed E-state index contributed by atoms with van der Waals surface area (Å²) in [6, 6.07) is 18.8. The van der Waals surface area contributed by atoms with E-state index in [2.05, 4.69) is 46.6 Å². The fourth-order valence-electron chi connectivity index (χ4n) is 4.84. The van der Waals surface area contributed by atoms with Gasteiger partial charge in [0.25, 0.3) is 0 Å². The van der Waals surface area contributed by atoms with E-state index in [-0.39, 0.29) is 11.8 Å². The lowest BCUT2D eigenvalue weighted by atomic mass is 9.95. The van der Waals surface area contributed by atoms with Gasteiger partial charge in [-0.2, -0.15) is 0 Å². The molecule has 148 valence electrons. The summed E-state index contributed by atoms with van der Waals surface area (Å²) < 4.78 is 0. The van der Waals surface area contributed by atoms with Crippen LogP contribution in [0.4, 0.5) is 5.69 Å². The Morgan fingerprint density at radius 3 is 2.55 bits per heavy atom. The number of aryl methyl sites for hydroxylation is 2. The van der Waals surface area contributed by atoms with Crippen LogP contribution in [-0.2, 0) is 24.2 Å². The van der Waals surface area contributed by atoms with Crippen LogP contribution in [0.15, 0.2) is 54.6 Å². The molecule has 0 radical (unpaired) electrons. The van der Waals surface area contributed by atoms with Crippen LogP contribution in [-0.4, -0.2) is 23.9 Å². The predicted molar refractivity (Wildman–Crippen MR) is 119 cm³/mol. The van der Waals surface area contributed by atoms with Gasteiger partial charge in [-0.3, -0.25) is 9.69 Å². The van der Waals surface area contributed by atoms with Gasteiger partial charge < -0.3 is 5.32 Å². The summed E-state index contributed by atoms with van der Waals surface area (Å²) in [5.41, 5.74) is 5.00. The number of amides is 1. The van der Waals surface area contributed by atoms with Crippen molar-refractivity contribution < 1.29 is 4.79 Å². The molecule has 2 aliphatic rings. The Kier molecular flexibility index (Phi) is 5.03. The van der Waals surface area contributed by atoms with Gasteiger partial charge in [-0.1, -0.05) is 48.0 Å². The number of piperidine rings is 1. The van der Waals surface area contributed by atoms with E-state index in [0.29, 0.717) is 0 Å². The van der Waals surface area contributed by atoms with E-state index in [9.17, 15) is 4.79 Å². The number of nitrogens with one attached hydrogen (secondary N) is 1. The van der Waals surface area contributed by atoms with Gasteiger partial charge in [-0.05, 0) is 79.0 Å². The maximum absolute atomic E-state index is 13.0. The highest BCUT2D eigenvalue weighted by molar-refractivity contribution is 6.30. The minimum atomic E-state index is 0.0775. The Morgan fingerprint density at radius 2 is 1.76 bits per heavy atom. The summed E-state index contributed by atoms with van der Waals surface area (Å²) in [6.07, 6.45) is 4.01. The van der Waals surface area contributed by atoms with E-state index in [0.717, 1.165) is 56.0 Å². The summed E-state index contributed by atoms with van der Waals surface area (Å²) in [6.45, 7) is 2.77. The van der Waals surface area contributed by atoms with Crippen LogP contribution in [0.2, 0.25) is 5.02 Å². The zero-order chi connectivity index (χ0) is 19.8. The molecule has 29 heavy (non-hydrogen) atoms. The molecule has 1 aliphatic carbocycles. The second-order valence-corrected chi connectivity index (χ2v) is 8.72. The lowest BCUT2D eigenvalue weighted by Gasteiger charge is -2.31. The first-order valence-electron chi connectivity index (χ1n) is 10.5. The molecule has 1 amide bonds. The Hall–Kier alpha value is -2.36. The number of halogens is 1. The highest BCUT2D eigenvalue weighted by Gasteiger charge is 2.26. The number of benzene rings is 3. The first kappa shape index (κ1) is 18.7. The third-order valence-corrected chi connectivity index (χ3v) is 6.62. The first-order chi connectivity index (χ1) is 14.2. The number of carbonyl (C=O) groups excluding carboxylic acids is 1. The van der Waals surface area contributed by atoms with Crippen molar-refractivity contribution >= 4 is 34.0 Å². The van der Waals surface area contributed by atoms with Gasteiger partial charge in [-0.15, -0.1) is 0 Å². The third kappa shape index (κ3) is 3.77. The molecule has 1 heterocycles. The smallest absolute Gasteiger partial charge is 0.227 e. The minimum absolute atomic E-state index is 0.0775.